The number of hydrogen-bond donors (Lipinski definition) is 2. The van der Waals surface area contributed by atoms with Crippen LogP contribution in [0.25, 0.3) is 0 Å². The minimum atomic E-state index is 0.516. The zero-order chi connectivity index (χ0) is 18.3. The minimum Gasteiger partial charge on any atom is -0.494 e. The molecule has 0 fully saturated rings. The smallest absolute Gasteiger partial charge is 0.191 e. The predicted octanol–water partition coefficient (Wildman–Crippen LogP) is 3.21. The fourth-order valence-electron chi connectivity index (χ4n) is 2.25. The summed E-state index contributed by atoms with van der Waals surface area (Å²) in [6.45, 7) is 6.28. The second kappa shape index (κ2) is 12.8. The highest BCUT2D eigenvalue weighted by molar-refractivity contribution is 5.79. The molecule has 26 heavy (non-hydrogen) atoms. The Morgan fingerprint density at radius 3 is 2.69 bits per heavy atom. The van der Waals surface area contributed by atoms with Gasteiger partial charge in [-0.1, -0.05) is 18.2 Å². The molecule has 0 bridgehead atoms. The Kier molecular flexibility index (Phi) is 9.80. The molecule has 6 heteroatoms. The van der Waals surface area contributed by atoms with Crippen LogP contribution in [-0.4, -0.2) is 38.8 Å². The van der Waals surface area contributed by atoms with E-state index in [0.29, 0.717) is 19.8 Å². The van der Waals surface area contributed by atoms with Crippen molar-refractivity contribution < 1.29 is 13.9 Å². The molecule has 1 aromatic heterocycles. The zero-order valence-electron chi connectivity index (χ0n) is 15.4. The first-order valence-corrected chi connectivity index (χ1v) is 9.18. The molecule has 1 heterocycles. The first-order valence-electron chi connectivity index (χ1n) is 9.18. The lowest BCUT2D eigenvalue weighted by Crippen LogP contribution is -2.38. The van der Waals surface area contributed by atoms with Crippen LogP contribution in [0.4, 0.5) is 0 Å². The van der Waals surface area contributed by atoms with Crippen LogP contribution in [0.5, 0.6) is 5.75 Å². The Hall–Kier alpha value is -2.47. The average Bonchev–Trinajstić information content (AvgIpc) is 3.18. The third kappa shape index (κ3) is 8.58. The molecule has 0 unspecified atom stereocenters. The molecule has 0 radical (unpaired) electrons. The second-order valence-corrected chi connectivity index (χ2v) is 5.69. The van der Waals surface area contributed by atoms with E-state index in [1.54, 1.807) is 6.26 Å². The lowest BCUT2D eigenvalue weighted by molar-refractivity contribution is 0.105. The summed E-state index contributed by atoms with van der Waals surface area (Å²) >= 11 is 0. The summed E-state index contributed by atoms with van der Waals surface area (Å²) in [6, 6.07) is 13.6. The van der Waals surface area contributed by atoms with Crippen LogP contribution >= 0.6 is 0 Å². The van der Waals surface area contributed by atoms with Gasteiger partial charge in [-0.2, -0.15) is 0 Å². The molecule has 0 aliphatic carbocycles. The highest BCUT2D eigenvalue weighted by atomic mass is 16.5. The lowest BCUT2D eigenvalue weighted by atomic mass is 10.3. The monoisotopic (exact) mass is 359 g/mol. The molecule has 6 nitrogen and oxygen atoms in total. The number of ether oxygens (including phenoxy) is 2. The van der Waals surface area contributed by atoms with E-state index < -0.39 is 0 Å². The van der Waals surface area contributed by atoms with Crippen LogP contribution in [0.3, 0.4) is 0 Å². The van der Waals surface area contributed by atoms with E-state index >= 15 is 0 Å². The average molecular weight is 359 g/mol. The topological polar surface area (TPSA) is 68.0 Å². The molecule has 0 aliphatic heterocycles. The molecule has 142 valence electrons. The summed E-state index contributed by atoms with van der Waals surface area (Å²) in [5.74, 6) is 2.58. The van der Waals surface area contributed by atoms with Crippen molar-refractivity contribution in [2.75, 3.05) is 32.8 Å². The summed E-state index contributed by atoms with van der Waals surface area (Å²) in [5.41, 5.74) is 0. The number of nitrogens with one attached hydrogen (secondary N) is 2. The van der Waals surface area contributed by atoms with Crippen molar-refractivity contribution in [2.24, 2.45) is 4.99 Å². The number of para-hydroxylation sites is 1. The summed E-state index contributed by atoms with van der Waals surface area (Å²) in [7, 11) is 0. The highest BCUT2D eigenvalue weighted by Crippen LogP contribution is 2.08. The van der Waals surface area contributed by atoms with Gasteiger partial charge in [-0.15, -0.1) is 0 Å². The van der Waals surface area contributed by atoms with Crippen molar-refractivity contribution in [3.8, 4) is 5.75 Å². The third-order valence-corrected chi connectivity index (χ3v) is 3.51. The van der Waals surface area contributed by atoms with Gasteiger partial charge in [0.15, 0.2) is 5.96 Å². The Morgan fingerprint density at radius 2 is 1.92 bits per heavy atom. The first kappa shape index (κ1) is 19.8. The number of furan rings is 1. The van der Waals surface area contributed by atoms with Crippen molar-refractivity contribution in [1.82, 2.24) is 10.6 Å². The second-order valence-electron chi connectivity index (χ2n) is 5.69. The van der Waals surface area contributed by atoms with Gasteiger partial charge < -0.3 is 24.5 Å². The Balaban J connectivity index is 1.54. The van der Waals surface area contributed by atoms with Crippen molar-refractivity contribution >= 4 is 5.96 Å². The molecule has 0 amide bonds. The van der Waals surface area contributed by atoms with E-state index in [0.717, 1.165) is 49.9 Å². The van der Waals surface area contributed by atoms with E-state index in [-0.39, 0.29) is 0 Å². The molecule has 2 N–H and O–H groups in total. The van der Waals surface area contributed by atoms with Crippen molar-refractivity contribution in [1.29, 1.82) is 0 Å². The number of benzene rings is 1. The van der Waals surface area contributed by atoms with Gasteiger partial charge >= 0.3 is 0 Å². The van der Waals surface area contributed by atoms with Gasteiger partial charge in [-0.3, -0.25) is 4.99 Å². The number of guanidine groups is 1. The van der Waals surface area contributed by atoms with Gasteiger partial charge in [0.25, 0.3) is 0 Å². The number of aliphatic imine (C=N–C) groups is 1. The van der Waals surface area contributed by atoms with E-state index in [1.807, 2.05) is 42.5 Å². The maximum atomic E-state index is 5.67. The normalized spacial score (nSPS) is 11.3. The van der Waals surface area contributed by atoms with Gasteiger partial charge in [-0.25, -0.2) is 0 Å². The molecule has 2 rings (SSSR count). The van der Waals surface area contributed by atoms with Crippen LogP contribution < -0.4 is 15.4 Å². The van der Waals surface area contributed by atoms with E-state index in [9.17, 15) is 0 Å². The van der Waals surface area contributed by atoms with Crippen LogP contribution in [-0.2, 0) is 11.3 Å². The van der Waals surface area contributed by atoms with Gasteiger partial charge in [0.1, 0.15) is 18.1 Å². The highest BCUT2D eigenvalue weighted by Gasteiger charge is 1.98. The summed E-state index contributed by atoms with van der Waals surface area (Å²) in [4.78, 5) is 4.56. The van der Waals surface area contributed by atoms with Crippen LogP contribution in [0.15, 0.2) is 58.1 Å². The van der Waals surface area contributed by atoms with Crippen LogP contribution in [0.1, 0.15) is 25.5 Å². The van der Waals surface area contributed by atoms with Crippen LogP contribution in [0, 0.1) is 0 Å². The minimum absolute atomic E-state index is 0.516. The summed E-state index contributed by atoms with van der Waals surface area (Å²) in [6.07, 6.45) is 3.43. The standard InChI is InChI=1S/C20H29N3O3/c1-2-21-20(22-12-7-14-24-17-19-11-6-15-26-19)23-13-8-16-25-18-9-4-3-5-10-18/h3-6,9-11,15H,2,7-8,12-14,16-17H2,1H3,(H2,21,22,23). The number of rotatable bonds is 12. The Bertz CT molecular complexity index is 600. The Labute approximate surface area is 155 Å². The van der Waals surface area contributed by atoms with Gasteiger partial charge in [-0.05, 0) is 37.6 Å². The number of hydrogen-bond acceptors (Lipinski definition) is 4. The molecular formula is C20H29N3O3. The maximum Gasteiger partial charge on any atom is 0.191 e. The molecule has 2 aromatic rings. The molecule has 0 aliphatic rings. The van der Waals surface area contributed by atoms with Crippen molar-refractivity contribution in [3.05, 3.63) is 54.5 Å². The number of nitrogens with zero attached hydrogens (tertiary/aromatic N) is 1. The first-order chi connectivity index (χ1) is 12.9. The van der Waals surface area contributed by atoms with E-state index in [1.165, 1.54) is 0 Å². The maximum absolute atomic E-state index is 5.67. The van der Waals surface area contributed by atoms with Crippen LogP contribution in [0.2, 0.25) is 0 Å². The molecule has 1 aromatic carbocycles. The summed E-state index contributed by atoms with van der Waals surface area (Å²) < 4.78 is 16.5. The zero-order valence-corrected chi connectivity index (χ0v) is 15.4. The Morgan fingerprint density at radius 1 is 1.04 bits per heavy atom. The van der Waals surface area contributed by atoms with E-state index in [4.69, 9.17) is 13.9 Å². The van der Waals surface area contributed by atoms with Gasteiger partial charge in [0.05, 0.1) is 12.9 Å². The molecular weight excluding hydrogens is 330 g/mol. The molecule has 0 saturated heterocycles. The van der Waals surface area contributed by atoms with Gasteiger partial charge in [0, 0.05) is 32.7 Å². The summed E-state index contributed by atoms with van der Waals surface area (Å²) in [5, 5.41) is 6.56. The molecule has 0 saturated carbocycles. The van der Waals surface area contributed by atoms with Gasteiger partial charge in [0.2, 0.25) is 0 Å². The largest absolute Gasteiger partial charge is 0.494 e. The van der Waals surface area contributed by atoms with Crippen molar-refractivity contribution in [2.45, 2.75) is 26.4 Å². The van der Waals surface area contributed by atoms with Crippen molar-refractivity contribution in [3.63, 3.8) is 0 Å². The predicted molar refractivity (Wildman–Crippen MR) is 104 cm³/mol. The lowest BCUT2D eigenvalue weighted by Gasteiger charge is -2.11. The molecule has 0 atom stereocenters. The van der Waals surface area contributed by atoms with E-state index in [2.05, 4.69) is 22.5 Å². The fraction of sp³-hybridized carbons (Fsp3) is 0.450. The SMILES string of the molecule is CCNC(=NCCCOc1ccccc1)NCCCOCc1ccco1. The quantitative estimate of drug-likeness (QED) is 0.346. The third-order valence-electron chi connectivity index (χ3n) is 3.51. The fourth-order valence-corrected chi connectivity index (χ4v) is 2.25. The molecule has 0 spiro atoms.